The first-order valence-electron chi connectivity index (χ1n) is 5.00. The minimum Gasteiger partial charge on any atom is -0.476 e. The van der Waals surface area contributed by atoms with Crippen LogP contribution in [0.3, 0.4) is 0 Å². The normalized spacial score (nSPS) is 18.9. The zero-order valence-electron chi connectivity index (χ0n) is 8.82. The number of nitrogens with one attached hydrogen (secondary N) is 1. The van der Waals surface area contributed by atoms with Gasteiger partial charge in [0.2, 0.25) is 0 Å². The number of hydrogen-bond donors (Lipinski definition) is 2. The third-order valence-electron chi connectivity index (χ3n) is 2.88. The predicted octanol–water partition coefficient (Wildman–Crippen LogP) is 0.386. The fourth-order valence-electron chi connectivity index (χ4n) is 2.04. The van der Waals surface area contributed by atoms with Crippen molar-refractivity contribution in [2.24, 2.45) is 5.92 Å². The number of aryl methyl sites for hydroxylation is 1. The summed E-state index contributed by atoms with van der Waals surface area (Å²) < 4.78 is 4.66. The second-order valence-electron chi connectivity index (χ2n) is 3.80. The maximum Gasteiger partial charge on any atom is 0.356 e. The second kappa shape index (κ2) is 3.96. The van der Waals surface area contributed by atoms with Gasteiger partial charge in [-0.25, -0.2) is 4.79 Å². The molecule has 1 aliphatic carbocycles. The van der Waals surface area contributed by atoms with Gasteiger partial charge in [-0.3, -0.25) is 9.89 Å². The Kier molecular flexibility index (Phi) is 2.64. The summed E-state index contributed by atoms with van der Waals surface area (Å²) in [5.41, 5.74) is 1.47. The van der Waals surface area contributed by atoms with Gasteiger partial charge in [-0.1, -0.05) is 0 Å². The van der Waals surface area contributed by atoms with Crippen molar-refractivity contribution in [3.8, 4) is 0 Å². The molecule has 0 spiro atoms. The number of H-pyrrole nitrogens is 1. The van der Waals surface area contributed by atoms with Crippen LogP contribution in [0.15, 0.2) is 0 Å². The standard InChI is InChI=1S/C10H12N2O4/c1-16-10(15)5-2-3-7-6(4-5)8(9(13)14)12-11-7/h5H,2-4H2,1H3,(H,11,12)(H,13,14). The maximum absolute atomic E-state index is 11.4. The highest BCUT2D eigenvalue weighted by Crippen LogP contribution is 2.27. The van der Waals surface area contributed by atoms with Crippen molar-refractivity contribution < 1.29 is 19.4 Å². The SMILES string of the molecule is COC(=O)C1CCc2[nH]nc(C(=O)O)c2C1. The van der Waals surface area contributed by atoms with E-state index in [0.29, 0.717) is 24.8 Å². The van der Waals surface area contributed by atoms with Crippen LogP contribution >= 0.6 is 0 Å². The number of carbonyl (C=O) groups excluding carboxylic acids is 1. The molecule has 0 aromatic carbocycles. The van der Waals surface area contributed by atoms with E-state index in [1.54, 1.807) is 0 Å². The molecule has 1 aromatic heterocycles. The van der Waals surface area contributed by atoms with Crippen LogP contribution in [0.5, 0.6) is 0 Å². The minimum atomic E-state index is -1.07. The number of esters is 1. The molecular weight excluding hydrogens is 212 g/mol. The molecule has 1 aliphatic rings. The number of carboxylic acids is 1. The number of nitrogens with zero attached hydrogens (tertiary/aromatic N) is 1. The van der Waals surface area contributed by atoms with Gasteiger partial charge in [-0.05, 0) is 19.3 Å². The monoisotopic (exact) mass is 224 g/mol. The van der Waals surface area contributed by atoms with E-state index in [2.05, 4.69) is 14.9 Å². The molecule has 86 valence electrons. The third-order valence-corrected chi connectivity index (χ3v) is 2.88. The summed E-state index contributed by atoms with van der Waals surface area (Å²) in [4.78, 5) is 22.3. The van der Waals surface area contributed by atoms with Gasteiger partial charge in [-0.15, -0.1) is 0 Å². The van der Waals surface area contributed by atoms with Crippen molar-refractivity contribution in [1.82, 2.24) is 10.2 Å². The Morgan fingerprint density at radius 1 is 1.56 bits per heavy atom. The zero-order valence-corrected chi connectivity index (χ0v) is 8.82. The van der Waals surface area contributed by atoms with Gasteiger partial charge in [0.25, 0.3) is 0 Å². The lowest BCUT2D eigenvalue weighted by Crippen LogP contribution is -2.24. The van der Waals surface area contributed by atoms with E-state index < -0.39 is 5.97 Å². The van der Waals surface area contributed by atoms with Crippen LogP contribution in [-0.4, -0.2) is 34.4 Å². The number of hydrogen-bond acceptors (Lipinski definition) is 4. The summed E-state index contributed by atoms with van der Waals surface area (Å²) in [5.74, 6) is -1.61. The van der Waals surface area contributed by atoms with Crippen LogP contribution in [0.1, 0.15) is 28.2 Å². The average Bonchev–Trinajstić information content (AvgIpc) is 2.70. The molecule has 0 saturated heterocycles. The fraction of sp³-hybridized carbons (Fsp3) is 0.500. The Morgan fingerprint density at radius 2 is 2.31 bits per heavy atom. The van der Waals surface area contributed by atoms with E-state index in [1.165, 1.54) is 7.11 Å². The Hall–Kier alpha value is -1.85. The fourth-order valence-corrected chi connectivity index (χ4v) is 2.04. The molecule has 1 heterocycles. The molecule has 16 heavy (non-hydrogen) atoms. The number of carboxylic acid groups (broad SMARTS) is 1. The van der Waals surface area contributed by atoms with Crippen LogP contribution in [-0.2, 0) is 22.4 Å². The molecule has 0 saturated carbocycles. The van der Waals surface area contributed by atoms with Crippen LogP contribution in [0.4, 0.5) is 0 Å². The summed E-state index contributed by atoms with van der Waals surface area (Å²) in [6, 6.07) is 0. The van der Waals surface area contributed by atoms with E-state index >= 15 is 0 Å². The highest BCUT2D eigenvalue weighted by atomic mass is 16.5. The first-order chi connectivity index (χ1) is 7.63. The summed E-state index contributed by atoms with van der Waals surface area (Å²) in [6.45, 7) is 0. The van der Waals surface area contributed by atoms with Crippen molar-refractivity contribution in [2.75, 3.05) is 7.11 Å². The molecule has 0 radical (unpaired) electrons. The summed E-state index contributed by atoms with van der Waals surface area (Å²) in [5, 5.41) is 15.4. The van der Waals surface area contributed by atoms with Gasteiger partial charge in [0, 0.05) is 11.3 Å². The van der Waals surface area contributed by atoms with E-state index in [4.69, 9.17) is 5.11 Å². The Morgan fingerprint density at radius 3 is 2.94 bits per heavy atom. The average molecular weight is 224 g/mol. The van der Waals surface area contributed by atoms with Gasteiger partial charge in [0.05, 0.1) is 13.0 Å². The highest BCUT2D eigenvalue weighted by molar-refractivity contribution is 5.87. The van der Waals surface area contributed by atoms with E-state index in [9.17, 15) is 9.59 Å². The van der Waals surface area contributed by atoms with Crippen LogP contribution < -0.4 is 0 Å². The Balaban J connectivity index is 2.27. The van der Waals surface area contributed by atoms with Crippen molar-refractivity contribution in [2.45, 2.75) is 19.3 Å². The summed E-state index contributed by atoms with van der Waals surface area (Å²) in [6.07, 6.45) is 1.69. The number of rotatable bonds is 2. The molecule has 1 atom stereocenters. The molecular formula is C10H12N2O4. The van der Waals surface area contributed by atoms with Gasteiger partial charge in [0.1, 0.15) is 0 Å². The molecule has 6 heteroatoms. The van der Waals surface area contributed by atoms with Crippen molar-refractivity contribution in [3.05, 3.63) is 17.0 Å². The van der Waals surface area contributed by atoms with Crippen LogP contribution in [0.25, 0.3) is 0 Å². The molecule has 0 bridgehead atoms. The molecule has 0 amide bonds. The number of ether oxygens (including phenoxy) is 1. The van der Waals surface area contributed by atoms with E-state index in [-0.39, 0.29) is 17.6 Å². The highest BCUT2D eigenvalue weighted by Gasteiger charge is 2.30. The van der Waals surface area contributed by atoms with Gasteiger partial charge in [0.15, 0.2) is 5.69 Å². The molecule has 0 aliphatic heterocycles. The lowest BCUT2D eigenvalue weighted by molar-refractivity contribution is -0.145. The molecule has 2 N–H and O–H groups in total. The number of aromatic amines is 1. The van der Waals surface area contributed by atoms with E-state index in [1.807, 2.05) is 0 Å². The van der Waals surface area contributed by atoms with Gasteiger partial charge >= 0.3 is 11.9 Å². The predicted molar refractivity (Wildman–Crippen MR) is 53.1 cm³/mol. The molecule has 6 nitrogen and oxygen atoms in total. The Labute approximate surface area is 91.6 Å². The van der Waals surface area contributed by atoms with E-state index in [0.717, 1.165) is 5.69 Å². The number of carbonyl (C=O) groups is 2. The molecule has 1 unspecified atom stereocenters. The number of aromatic nitrogens is 2. The maximum atomic E-state index is 11.4. The first kappa shape index (κ1) is 10.7. The lowest BCUT2D eigenvalue weighted by Gasteiger charge is -2.19. The number of aromatic carboxylic acids is 1. The summed E-state index contributed by atoms with van der Waals surface area (Å²) in [7, 11) is 1.34. The first-order valence-corrected chi connectivity index (χ1v) is 5.00. The molecule has 0 fully saturated rings. The molecule has 1 aromatic rings. The van der Waals surface area contributed by atoms with Crippen molar-refractivity contribution in [3.63, 3.8) is 0 Å². The topological polar surface area (TPSA) is 92.3 Å². The summed E-state index contributed by atoms with van der Waals surface area (Å²) >= 11 is 0. The van der Waals surface area contributed by atoms with Crippen LogP contribution in [0.2, 0.25) is 0 Å². The smallest absolute Gasteiger partial charge is 0.356 e. The quantitative estimate of drug-likeness (QED) is 0.709. The minimum absolute atomic E-state index is 0.0172. The van der Waals surface area contributed by atoms with Gasteiger partial charge in [-0.2, -0.15) is 5.10 Å². The van der Waals surface area contributed by atoms with Crippen molar-refractivity contribution >= 4 is 11.9 Å². The third kappa shape index (κ3) is 1.66. The largest absolute Gasteiger partial charge is 0.476 e. The molecule has 2 rings (SSSR count). The van der Waals surface area contributed by atoms with Crippen LogP contribution in [0, 0.1) is 5.92 Å². The lowest BCUT2D eigenvalue weighted by atomic mass is 9.86. The number of methoxy groups -OCH3 is 1. The Bertz CT molecular complexity index is 438. The van der Waals surface area contributed by atoms with Crippen molar-refractivity contribution in [1.29, 1.82) is 0 Å². The zero-order chi connectivity index (χ0) is 11.7. The number of fused-ring (bicyclic) bond motifs is 1. The second-order valence-corrected chi connectivity index (χ2v) is 3.80. The van der Waals surface area contributed by atoms with Gasteiger partial charge < -0.3 is 9.84 Å².